The van der Waals surface area contributed by atoms with E-state index in [-0.39, 0.29) is 40.5 Å². The number of aryl methyl sites for hydroxylation is 2. The Balaban J connectivity index is 0.000000399. The number of ether oxygens (including phenoxy) is 2. The van der Waals surface area contributed by atoms with Crippen molar-refractivity contribution in [2.24, 2.45) is 0 Å². The Kier molecular flexibility index (Phi) is 27.7. The molecule has 2 aromatic carbocycles. The van der Waals surface area contributed by atoms with Crippen LogP contribution in [0.2, 0.25) is 5.15 Å². The van der Waals surface area contributed by atoms with Crippen molar-refractivity contribution in [2.75, 3.05) is 73.5 Å². The summed E-state index contributed by atoms with van der Waals surface area (Å²) >= 11 is 15.1. The van der Waals surface area contributed by atoms with Gasteiger partial charge in [0.1, 0.15) is 11.0 Å². The fraction of sp³-hybridized carbons (Fsp3) is 0.314. The Bertz CT molecular complexity index is 1670. The van der Waals surface area contributed by atoms with Crippen LogP contribution in [0.4, 0.5) is 28.6 Å². The number of morpholine rings is 2. The quantitative estimate of drug-likeness (QED) is 0.0783. The Morgan fingerprint density at radius 3 is 1.60 bits per heavy atom. The summed E-state index contributed by atoms with van der Waals surface area (Å²) in [7, 11) is 0. The molecule has 0 aliphatic carbocycles. The van der Waals surface area contributed by atoms with E-state index in [0.717, 1.165) is 69.7 Å². The van der Waals surface area contributed by atoms with Crippen molar-refractivity contribution < 1.29 is 37.4 Å². The zero-order chi connectivity index (χ0) is 38.5. The molecule has 0 saturated carbocycles. The van der Waals surface area contributed by atoms with Crippen LogP contribution < -0.4 is 34.1 Å². The van der Waals surface area contributed by atoms with Crippen LogP contribution in [0.5, 0.6) is 0 Å². The van der Waals surface area contributed by atoms with Gasteiger partial charge in [0.25, 0.3) is 0 Å². The minimum atomic E-state index is -1.05. The number of anilines is 5. The van der Waals surface area contributed by atoms with Gasteiger partial charge < -0.3 is 35.4 Å². The van der Waals surface area contributed by atoms with E-state index >= 15 is 0 Å². The third-order valence-corrected chi connectivity index (χ3v) is 7.70. The third-order valence-electron chi connectivity index (χ3n) is 7.41. The number of hydrogen-bond donors (Lipinski definition) is 3. The van der Waals surface area contributed by atoms with Crippen molar-refractivity contribution in [3.63, 3.8) is 0 Å². The number of aromatic nitrogens is 2. The zero-order valence-corrected chi connectivity index (χ0v) is 43.1. The van der Waals surface area contributed by atoms with E-state index in [1.54, 1.807) is 19.9 Å². The molecule has 18 heteroatoms. The molecule has 2 fully saturated rings. The summed E-state index contributed by atoms with van der Waals surface area (Å²) in [6, 6.07) is 22.9. The van der Waals surface area contributed by atoms with Crippen molar-refractivity contribution >= 4 is 150 Å². The number of carboxylic acid groups (broad SMARTS) is 1. The van der Waals surface area contributed by atoms with E-state index in [9.17, 15) is 9.59 Å². The molecule has 4 aromatic rings. The fourth-order valence-electron chi connectivity index (χ4n) is 4.84. The normalized spacial score (nSPS) is 13.1. The van der Waals surface area contributed by atoms with Crippen LogP contribution in [0.15, 0.2) is 72.8 Å². The van der Waals surface area contributed by atoms with E-state index in [2.05, 4.69) is 124 Å². The molecule has 2 saturated heterocycles. The average Bonchev–Trinajstić information content (AvgIpc) is 3.14. The smallest absolute Gasteiger partial charge is 0.0642 e. The first-order valence-corrected chi connectivity index (χ1v) is 35.0. The summed E-state index contributed by atoms with van der Waals surface area (Å²) in [5, 5.41) is 11.8. The summed E-state index contributed by atoms with van der Waals surface area (Å²) in [5.74, 6) is -0.441. The molecular formula is C35H42ClI6N6O5-. The maximum absolute atomic E-state index is 11.7. The SMILES string of the molecule is CC(=O)c1ccc(C)nc1Nc1ccc(N2CCOCC2)cc1.Cc1ccc(C(=O)O)c(Cl)n1.I.II.I[I-]I.Nc1ccc(N2CCOCC2)cc1. The molecule has 0 unspecified atom stereocenters. The summed E-state index contributed by atoms with van der Waals surface area (Å²) < 4.78 is 10.7. The van der Waals surface area contributed by atoms with Crippen LogP contribution in [0.3, 0.4) is 0 Å². The molecule has 2 aliphatic rings. The Morgan fingerprint density at radius 2 is 1.19 bits per heavy atom. The minimum Gasteiger partial charge on any atom is -0.399 e. The topological polar surface area (TPSA) is 143 Å². The van der Waals surface area contributed by atoms with E-state index in [0.29, 0.717) is 30.3 Å². The molecule has 0 radical (unpaired) electrons. The Hall–Kier alpha value is -0.330. The molecular weight excluding hydrogens is 1380 g/mol. The average molecular weight is 1420 g/mol. The van der Waals surface area contributed by atoms with Gasteiger partial charge in [-0.15, -0.1) is 24.0 Å². The predicted molar refractivity (Wildman–Crippen MR) is 258 cm³/mol. The van der Waals surface area contributed by atoms with Gasteiger partial charge in [0.2, 0.25) is 0 Å². The maximum atomic E-state index is 11.7. The number of nitrogens with one attached hydrogen (secondary N) is 1. The van der Waals surface area contributed by atoms with Crippen LogP contribution >= 0.6 is 110 Å². The second-order valence-electron chi connectivity index (χ2n) is 11.0. The van der Waals surface area contributed by atoms with Crippen molar-refractivity contribution in [1.82, 2.24) is 9.97 Å². The van der Waals surface area contributed by atoms with Gasteiger partial charge in [0, 0.05) is 97.5 Å². The third kappa shape index (κ3) is 19.1. The number of halogens is 7. The van der Waals surface area contributed by atoms with E-state index in [4.69, 9.17) is 31.9 Å². The number of aromatic carboxylic acids is 1. The number of carbonyl (C=O) groups is 2. The molecule has 0 bridgehead atoms. The number of hydrogen-bond acceptors (Lipinski definition) is 10. The first-order valence-electron chi connectivity index (χ1n) is 15.8. The standard InChI is InChI=1S/C18H21N3O2.C10H14N2O.C7H6ClNO2.I3.I2.HI/c1-13-3-8-17(14(2)22)18(19-13)20-15-4-6-16(7-5-15)21-9-11-23-12-10-21;11-9-1-3-10(4-2-9)12-5-7-13-8-6-12;1-4-2-3-5(7(10)11)6(8)9-4;1-3-2;1-2;/h3-8H,9-12H2,1-2H3,(H,19,20);1-4H,5-8,11H2;2-3H,1H3,(H,10,11);;;1H/q;;;-1;;. The second-order valence-corrected chi connectivity index (χ2v) is 27.6. The molecule has 4 N–H and O–H groups in total. The monoisotopic (exact) mass is 1420 g/mol. The number of pyridine rings is 2. The van der Waals surface area contributed by atoms with Crippen molar-refractivity contribution in [3.8, 4) is 0 Å². The van der Waals surface area contributed by atoms with Gasteiger partial charge in [-0.05, 0) is 93.6 Å². The van der Waals surface area contributed by atoms with Crippen LogP contribution in [0.1, 0.15) is 39.0 Å². The van der Waals surface area contributed by atoms with Gasteiger partial charge in [-0.3, -0.25) is 4.79 Å². The molecule has 53 heavy (non-hydrogen) atoms. The van der Waals surface area contributed by atoms with Gasteiger partial charge in [0.05, 0.1) is 37.6 Å². The molecule has 0 atom stereocenters. The zero-order valence-electron chi connectivity index (χ0n) is 29.2. The van der Waals surface area contributed by atoms with Crippen LogP contribution in [-0.4, -0.2) is 79.4 Å². The summed E-state index contributed by atoms with van der Waals surface area (Å²) in [6.07, 6.45) is 0. The van der Waals surface area contributed by atoms with Gasteiger partial charge in [-0.2, -0.15) is 0 Å². The van der Waals surface area contributed by atoms with E-state index in [1.165, 1.54) is 17.4 Å². The van der Waals surface area contributed by atoms with E-state index < -0.39 is 5.97 Å². The molecule has 292 valence electrons. The number of ketones is 1. The first-order chi connectivity index (χ1) is 25.0. The van der Waals surface area contributed by atoms with Gasteiger partial charge in [-0.25, -0.2) is 14.8 Å². The van der Waals surface area contributed by atoms with Crippen molar-refractivity contribution in [2.45, 2.75) is 20.8 Å². The first kappa shape index (κ1) is 50.7. The number of nitrogens with two attached hydrogens (primary N) is 1. The van der Waals surface area contributed by atoms with E-state index in [1.807, 2.05) is 43.3 Å². The van der Waals surface area contributed by atoms with Crippen LogP contribution in [0, 0.1) is 13.8 Å². The number of carbonyl (C=O) groups excluding carboxylic acids is 1. The molecule has 11 nitrogen and oxygen atoms in total. The van der Waals surface area contributed by atoms with Crippen LogP contribution in [0.25, 0.3) is 0 Å². The summed E-state index contributed by atoms with van der Waals surface area (Å²) in [5.41, 5.74) is 12.0. The Morgan fingerprint density at radius 1 is 0.774 bits per heavy atom. The number of benzene rings is 2. The summed E-state index contributed by atoms with van der Waals surface area (Å²) in [6.45, 7) is 12.2. The van der Waals surface area contributed by atoms with Crippen molar-refractivity contribution in [1.29, 1.82) is 0 Å². The number of nitrogen functional groups attached to an aromatic ring is 1. The molecule has 0 spiro atoms. The largest absolute Gasteiger partial charge is 0.399 e. The number of nitrogens with zero attached hydrogens (tertiary/aromatic N) is 4. The number of carboxylic acids is 1. The number of Topliss-reactive ketones (excluding diaryl/α,β-unsaturated/α-hetero) is 1. The molecule has 4 heterocycles. The van der Waals surface area contributed by atoms with Crippen LogP contribution in [-0.2, 0) is 9.47 Å². The van der Waals surface area contributed by atoms with Crippen molar-refractivity contribution in [3.05, 3.63) is 100 Å². The predicted octanol–water partition coefficient (Wildman–Crippen LogP) is 7.18. The molecule has 2 aromatic heterocycles. The maximum Gasteiger partial charge on any atom is 0.0642 e. The van der Waals surface area contributed by atoms with Gasteiger partial charge >= 0.3 is 56.5 Å². The Labute approximate surface area is 387 Å². The molecule has 0 amide bonds. The second kappa shape index (κ2) is 29.0. The fourth-order valence-corrected chi connectivity index (χ4v) is 5.12. The molecule has 6 rings (SSSR count). The van der Waals surface area contributed by atoms with Gasteiger partial charge in [-0.1, -0.05) is 11.6 Å². The molecule has 2 aliphatic heterocycles. The minimum absolute atomic E-state index is 0. The van der Waals surface area contributed by atoms with Gasteiger partial charge in [0.15, 0.2) is 5.78 Å². The number of rotatable bonds is 6. The summed E-state index contributed by atoms with van der Waals surface area (Å²) in [4.78, 5) is 35.0.